The lowest BCUT2D eigenvalue weighted by molar-refractivity contribution is -0.111. The van der Waals surface area contributed by atoms with Crippen LogP contribution in [-0.4, -0.2) is 40.3 Å². The van der Waals surface area contributed by atoms with Crippen molar-refractivity contribution in [1.82, 2.24) is 0 Å². The maximum atomic E-state index is 12.3. The van der Waals surface area contributed by atoms with E-state index in [4.69, 9.17) is 14.2 Å². The van der Waals surface area contributed by atoms with Crippen LogP contribution in [0.4, 0.5) is 11.4 Å². The highest BCUT2D eigenvalue weighted by molar-refractivity contribution is 6.02. The third kappa shape index (κ3) is 4.57. The Kier molecular flexibility index (Phi) is 6.42. The Hall–Kier alpha value is -3.15. The van der Waals surface area contributed by atoms with Crippen molar-refractivity contribution in [3.63, 3.8) is 0 Å². The van der Waals surface area contributed by atoms with Crippen molar-refractivity contribution in [2.45, 2.75) is 12.8 Å². The predicted molar refractivity (Wildman–Crippen MR) is 112 cm³/mol. The molecular weight excluding hydrogens is 356 g/mol. The van der Waals surface area contributed by atoms with Gasteiger partial charge in [0.05, 0.1) is 21.3 Å². The minimum absolute atomic E-state index is 0.206. The maximum Gasteiger partial charge on any atom is 0.248 e. The van der Waals surface area contributed by atoms with Gasteiger partial charge in [-0.2, -0.15) is 0 Å². The van der Waals surface area contributed by atoms with Crippen molar-refractivity contribution in [3.8, 4) is 17.2 Å². The van der Waals surface area contributed by atoms with Crippen LogP contribution in [-0.2, 0) is 4.79 Å². The van der Waals surface area contributed by atoms with Gasteiger partial charge in [0.1, 0.15) is 0 Å². The lowest BCUT2D eigenvalue weighted by Gasteiger charge is -2.17. The number of hydrogen-bond donors (Lipinski definition) is 1. The van der Waals surface area contributed by atoms with Crippen LogP contribution in [0, 0.1) is 0 Å². The van der Waals surface area contributed by atoms with E-state index in [-0.39, 0.29) is 5.91 Å². The van der Waals surface area contributed by atoms with Gasteiger partial charge in [-0.05, 0) is 60.9 Å². The van der Waals surface area contributed by atoms with Gasteiger partial charge in [0.2, 0.25) is 11.7 Å². The minimum atomic E-state index is -0.206. The summed E-state index contributed by atoms with van der Waals surface area (Å²) in [5.74, 6) is 1.39. The molecule has 1 saturated heterocycles. The Balaban J connectivity index is 1.66. The van der Waals surface area contributed by atoms with Crippen LogP contribution in [0.2, 0.25) is 0 Å². The molecule has 1 aliphatic heterocycles. The zero-order chi connectivity index (χ0) is 19.9. The molecule has 1 fully saturated rings. The lowest BCUT2D eigenvalue weighted by atomic mass is 10.1. The molecule has 6 heteroatoms. The van der Waals surface area contributed by atoms with E-state index in [9.17, 15) is 4.79 Å². The van der Waals surface area contributed by atoms with E-state index in [0.29, 0.717) is 17.2 Å². The van der Waals surface area contributed by atoms with Crippen molar-refractivity contribution in [2.75, 3.05) is 44.6 Å². The average molecular weight is 382 g/mol. The molecule has 1 N–H and O–H groups in total. The van der Waals surface area contributed by atoms with Crippen LogP contribution in [0.3, 0.4) is 0 Å². The first-order chi connectivity index (χ1) is 13.6. The number of anilines is 2. The Bertz CT molecular complexity index is 815. The molecule has 0 aromatic heterocycles. The smallest absolute Gasteiger partial charge is 0.248 e. The third-order valence-corrected chi connectivity index (χ3v) is 4.72. The van der Waals surface area contributed by atoms with Crippen LogP contribution < -0.4 is 24.4 Å². The molecule has 0 spiro atoms. The molecule has 0 bridgehead atoms. The van der Waals surface area contributed by atoms with E-state index in [2.05, 4.69) is 10.2 Å². The second-order valence-corrected chi connectivity index (χ2v) is 6.52. The molecule has 28 heavy (non-hydrogen) atoms. The molecule has 6 nitrogen and oxygen atoms in total. The highest BCUT2D eigenvalue weighted by Gasteiger charge is 2.13. The molecule has 0 atom stereocenters. The topological polar surface area (TPSA) is 60.0 Å². The molecule has 1 aliphatic rings. The Labute approximate surface area is 165 Å². The molecule has 2 aromatic rings. The van der Waals surface area contributed by atoms with Crippen LogP contribution >= 0.6 is 0 Å². The molecule has 148 valence electrons. The fourth-order valence-electron chi connectivity index (χ4n) is 3.28. The summed E-state index contributed by atoms with van der Waals surface area (Å²) < 4.78 is 16.0. The van der Waals surface area contributed by atoms with Crippen molar-refractivity contribution < 1.29 is 19.0 Å². The second-order valence-electron chi connectivity index (χ2n) is 6.52. The quantitative estimate of drug-likeness (QED) is 0.735. The molecule has 0 aliphatic carbocycles. The molecule has 1 amide bonds. The second kappa shape index (κ2) is 9.17. The van der Waals surface area contributed by atoms with E-state index in [1.807, 2.05) is 24.3 Å². The highest BCUT2D eigenvalue weighted by atomic mass is 16.5. The number of rotatable bonds is 7. The number of nitrogens with zero attached hydrogens (tertiary/aromatic N) is 1. The summed E-state index contributed by atoms with van der Waals surface area (Å²) >= 11 is 0. The number of hydrogen-bond acceptors (Lipinski definition) is 5. The van der Waals surface area contributed by atoms with Crippen LogP contribution in [0.25, 0.3) is 6.08 Å². The van der Waals surface area contributed by atoms with Crippen molar-refractivity contribution in [3.05, 3.63) is 48.0 Å². The summed E-state index contributed by atoms with van der Waals surface area (Å²) in [5, 5.41) is 2.88. The zero-order valence-corrected chi connectivity index (χ0v) is 16.5. The van der Waals surface area contributed by atoms with Crippen molar-refractivity contribution >= 4 is 23.4 Å². The van der Waals surface area contributed by atoms with E-state index in [0.717, 1.165) is 24.3 Å². The van der Waals surface area contributed by atoms with Gasteiger partial charge in [-0.25, -0.2) is 0 Å². The van der Waals surface area contributed by atoms with E-state index < -0.39 is 0 Å². The fourth-order valence-corrected chi connectivity index (χ4v) is 3.28. The van der Waals surface area contributed by atoms with Crippen molar-refractivity contribution in [2.24, 2.45) is 0 Å². The normalized spacial score (nSPS) is 13.6. The number of ether oxygens (including phenoxy) is 3. The number of carbonyl (C=O) groups excluding carboxylic acids is 1. The summed E-state index contributed by atoms with van der Waals surface area (Å²) in [6.45, 7) is 2.20. The molecular formula is C22H26N2O4. The Morgan fingerprint density at radius 2 is 1.57 bits per heavy atom. The Morgan fingerprint density at radius 1 is 0.964 bits per heavy atom. The third-order valence-electron chi connectivity index (χ3n) is 4.72. The molecule has 0 radical (unpaired) electrons. The monoisotopic (exact) mass is 382 g/mol. The number of nitrogens with one attached hydrogen (secondary N) is 1. The van der Waals surface area contributed by atoms with Crippen LogP contribution in [0.5, 0.6) is 17.2 Å². The first kappa shape index (κ1) is 19.6. The van der Waals surface area contributed by atoms with Gasteiger partial charge in [0, 0.05) is 30.5 Å². The molecule has 0 saturated carbocycles. The molecule has 1 heterocycles. The largest absolute Gasteiger partial charge is 0.493 e. The van der Waals surface area contributed by atoms with Gasteiger partial charge in [0.15, 0.2) is 11.5 Å². The lowest BCUT2D eigenvalue weighted by Crippen LogP contribution is -2.17. The van der Waals surface area contributed by atoms with E-state index in [1.165, 1.54) is 24.6 Å². The van der Waals surface area contributed by atoms with Crippen LogP contribution in [0.1, 0.15) is 18.4 Å². The molecule has 0 unspecified atom stereocenters. The summed E-state index contributed by atoms with van der Waals surface area (Å²) in [6, 6.07) is 11.5. The zero-order valence-electron chi connectivity index (χ0n) is 16.5. The average Bonchev–Trinajstić information content (AvgIpc) is 3.26. The summed E-state index contributed by atoms with van der Waals surface area (Å²) in [5.41, 5.74) is 2.74. The van der Waals surface area contributed by atoms with Crippen LogP contribution in [0.15, 0.2) is 42.5 Å². The maximum absolute atomic E-state index is 12.3. The van der Waals surface area contributed by atoms with E-state index >= 15 is 0 Å². The van der Waals surface area contributed by atoms with Gasteiger partial charge >= 0.3 is 0 Å². The number of methoxy groups -OCH3 is 3. The van der Waals surface area contributed by atoms with E-state index in [1.54, 1.807) is 39.5 Å². The van der Waals surface area contributed by atoms with Gasteiger partial charge in [-0.15, -0.1) is 0 Å². The molecule has 3 rings (SSSR count). The van der Waals surface area contributed by atoms with Gasteiger partial charge in [-0.3, -0.25) is 4.79 Å². The van der Waals surface area contributed by atoms with Gasteiger partial charge in [-0.1, -0.05) is 0 Å². The number of amides is 1. The van der Waals surface area contributed by atoms with Gasteiger partial charge < -0.3 is 24.4 Å². The standard InChI is InChI=1S/C22H26N2O4/c1-26-19-14-16(15-20(27-2)22(19)28-3)6-11-21(25)23-17-7-9-18(10-8-17)24-12-4-5-13-24/h6-11,14-15H,4-5,12-13H2,1-3H3,(H,23,25)/b11-6+. The SMILES string of the molecule is COc1cc(/C=C/C(=O)Nc2ccc(N3CCCC3)cc2)cc(OC)c1OC. The Morgan fingerprint density at radius 3 is 2.11 bits per heavy atom. The number of carbonyl (C=O) groups is 1. The summed E-state index contributed by atoms with van der Waals surface area (Å²) in [6.07, 6.45) is 5.67. The molecule has 2 aromatic carbocycles. The van der Waals surface area contributed by atoms with Gasteiger partial charge in [0.25, 0.3) is 0 Å². The summed E-state index contributed by atoms with van der Waals surface area (Å²) in [4.78, 5) is 14.6. The fraction of sp³-hybridized carbons (Fsp3) is 0.318. The first-order valence-corrected chi connectivity index (χ1v) is 9.28. The highest BCUT2D eigenvalue weighted by Crippen LogP contribution is 2.38. The first-order valence-electron chi connectivity index (χ1n) is 9.28. The van der Waals surface area contributed by atoms with Crippen molar-refractivity contribution in [1.29, 1.82) is 0 Å². The minimum Gasteiger partial charge on any atom is -0.493 e. The summed E-state index contributed by atoms with van der Waals surface area (Å²) in [7, 11) is 4.67. The predicted octanol–water partition coefficient (Wildman–Crippen LogP) is 3.96. The number of benzene rings is 2.